The van der Waals surface area contributed by atoms with Gasteiger partial charge in [-0.2, -0.15) is 15.2 Å². The molecule has 3 aromatic heterocycles. The molecule has 0 saturated carbocycles. The zero-order chi connectivity index (χ0) is 20.4. The molecule has 0 bridgehead atoms. The number of hydrogen-bond donors (Lipinski definition) is 1. The van der Waals surface area contributed by atoms with Crippen molar-refractivity contribution in [2.24, 2.45) is 0 Å². The number of hydrogen-bond acceptors (Lipinski definition) is 7. The molecule has 4 aromatic rings. The van der Waals surface area contributed by atoms with Crippen LogP contribution in [-0.4, -0.2) is 31.1 Å². The highest BCUT2D eigenvalue weighted by atomic mass is 19.1. The summed E-state index contributed by atoms with van der Waals surface area (Å²) >= 11 is 0. The Bertz CT molecular complexity index is 1250. The van der Waals surface area contributed by atoms with Gasteiger partial charge in [0.15, 0.2) is 17.0 Å². The number of imidazole rings is 1. The number of benzene rings is 1. The largest absolute Gasteiger partial charge is 0.464 e. The highest BCUT2D eigenvalue weighted by molar-refractivity contribution is 5.85. The SMILES string of the molecule is CCOc1nc(N)c2nc(-c3cncc(F)c3)n(Cc3cccc(C#N)c3)c2n1. The summed E-state index contributed by atoms with van der Waals surface area (Å²) in [5, 5.41) is 9.18. The molecule has 0 amide bonds. The first-order chi connectivity index (χ1) is 14.1. The summed E-state index contributed by atoms with van der Waals surface area (Å²) in [6, 6.07) is 10.8. The summed E-state index contributed by atoms with van der Waals surface area (Å²) in [7, 11) is 0. The van der Waals surface area contributed by atoms with Gasteiger partial charge in [-0.25, -0.2) is 9.37 Å². The number of nitrogens with two attached hydrogens (primary N) is 1. The molecule has 29 heavy (non-hydrogen) atoms. The number of ether oxygens (including phenoxy) is 1. The lowest BCUT2D eigenvalue weighted by atomic mass is 10.1. The van der Waals surface area contributed by atoms with E-state index in [9.17, 15) is 9.65 Å². The van der Waals surface area contributed by atoms with Crippen LogP contribution >= 0.6 is 0 Å². The molecule has 4 rings (SSSR count). The van der Waals surface area contributed by atoms with Crippen LogP contribution in [0.15, 0.2) is 42.7 Å². The molecule has 0 aliphatic carbocycles. The van der Waals surface area contributed by atoms with Gasteiger partial charge in [-0.15, -0.1) is 0 Å². The number of anilines is 1. The second-order valence-corrected chi connectivity index (χ2v) is 6.22. The highest BCUT2D eigenvalue weighted by Crippen LogP contribution is 2.28. The van der Waals surface area contributed by atoms with Crippen molar-refractivity contribution in [2.75, 3.05) is 12.3 Å². The van der Waals surface area contributed by atoms with Crippen LogP contribution in [0.5, 0.6) is 6.01 Å². The summed E-state index contributed by atoms with van der Waals surface area (Å²) in [4.78, 5) is 17.0. The predicted octanol–water partition coefficient (Wildman–Crippen LogP) is 2.93. The van der Waals surface area contributed by atoms with Crippen molar-refractivity contribution in [1.29, 1.82) is 5.26 Å². The van der Waals surface area contributed by atoms with Crippen LogP contribution in [0.1, 0.15) is 18.1 Å². The van der Waals surface area contributed by atoms with E-state index >= 15 is 0 Å². The van der Waals surface area contributed by atoms with Crippen molar-refractivity contribution in [3.63, 3.8) is 0 Å². The molecule has 0 saturated heterocycles. The van der Waals surface area contributed by atoms with E-state index in [0.717, 1.165) is 11.8 Å². The third-order valence-corrected chi connectivity index (χ3v) is 4.23. The number of halogens is 1. The van der Waals surface area contributed by atoms with Crippen molar-refractivity contribution in [3.8, 4) is 23.5 Å². The first-order valence-corrected chi connectivity index (χ1v) is 8.85. The number of nitrogens with zero attached hydrogens (tertiary/aromatic N) is 6. The van der Waals surface area contributed by atoms with Crippen LogP contribution in [0.3, 0.4) is 0 Å². The lowest BCUT2D eigenvalue weighted by molar-refractivity contribution is 0.314. The van der Waals surface area contributed by atoms with Crippen LogP contribution in [0.25, 0.3) is 22.6 Å². The van der Waals surface area contributed by atoms with E-state index in [0.29, 0.717) is 41.3 Å². The monoisotopic (exact) mass is 389 g/mol. The standard InChI is InChI=1S/C20H16FN7O/c1-2-29-20-26-17(23)16-19(27-20)28(11-13-5-3-4-12(6-13)8-22)18(25-16)14-7-15(21)10-24-9-14/h3-7,9-10H,2,11H2,1H3,(H2,23,26,27). The van der Waals surface area contributed by atoms with E-state index in [1.807, 2.05) is 13.0 Å². The maximum absolute atomic E-state index is 13.8. The summed E-state index contributed by atoms with van der Waals surface area (Å²) in [6.45, 7) is 2.53. The molecule has 144 valence electrons. The van der Waals surface area contributed by atoms with Crippen molar-refractivity contribution in [2.45, 2.75) is 13.5 Å². The third kappa shape index (κ3) is 3.55. The van der Waals surface area contributed by atoms with E-state index in [-0.39, 0.29) is 11.8 Å². The topological polar surface area (TPSA) is 116 Å². The summed E-state index contributed by atoms with van der Waals surface area (Å²) in [5.41, 5.74) is 8.76. The van der Waals surface area contributed by atoms with Crippen molar-refractivity contribution < 1.29 is 9.13 Å². The highest BCUT2D eigenvalue weighted by Gasteiger charge is 2.19. The zero-order valence-electron chi connectivity index (χ0n) is 15.5. The lowest BCUT2D eigenvalue weighted by Gasteiger charge is -2.10. The fourth-order valence-corrected chi connectivity index (χ4v) is 3.02. The predicted molar refractivity (Wildman–Crippen MR) is 104 cm³/mol. The number of aromatic nitrogens is 5. The van der Waals surface area contributed by atoms with Crippen molar-refractivity contribution in [1.82, 2.24) is 24.5 Å². The Balaban J connectivity index is 1.94. The fourth-order valence-electron chi connectivity index (χ4n) is 3.02. The Morgan fingerprint density at radius 3 is 2.83 bits per heavy atom. The number of pyridine rings is 1. The van der Waals surface area contributed by atoms with Gasteiger partial charge in [0.05, 0.1) is 31.0 Å². The summed E-state index contributed by atoms with van der Waals surface area (Å²) in [5.74, 6) is 0.110. The van der Waals surface area contributed by atoms with Crippen LogP contribution in [0, 0.1) is 17.1 Å². The Hall–Kier alpha value is -4.06. The number of rotatable bonds is 5. The average molecular weight is 389 g/mol. The molecule has 0 atom stereocenters. The Kier molecular flexibility index (Phi) is 4.75. The van der Waals surface area contributed by atoms with Gasteiger partial charge in [-0.3, -0.25) is 4.98 Å². The number of fused-ring (bicyclic) bond motifs is 1. The quantitative estimate of drug-likeness (QED) is 0.558. The number of nitriles is 1. The van der Waals surface area contributed by atoms with Gasteiger partial charge >= 0.3 is 6.01 Å². The molecule has 0 fully saturated rings. The van der Waals surface area contributed by atoms with Crippen LogP contribution in [0.4, 0.5) is 10.2 Å². The van der Waals surface area contributed by atoms with Gasteiger partial charge in [0.25, 0.3) is 0 Å². The van der Waals surface area contributed by atoms with Crippen LogP contribution < -0.4 is 10.5 Å². The molecule has 0 aliphatic heterocycles. The zero-order valence-corrected chi connectivity index (χ0v) is 15.5. The summed E-state index contributed by atoms with van der Waals surface area (Å²) in [6.07, 6.45) is 2.63. The molecule has 9 heteroatoms. The lowest BCUT2D eigenvalue weighted by Crippen LogP contribution is -2.06. The third-order valence-electron chi connectivity index (χ3n) is 4.23. The second kappa shape index (κ2) is 7.52. The molecular weight excluding hydrogens is 373 g/mol. The molecular formula is C20H16FN7O. The minimum Gasteiger partial charge on any atom is -0.464 e. The minimum absolute atomic E-state index is 0.133. The second-order valence-electron chi connectivity index (χ2n) is 6.22. The van der Waals surface area contributed by atoms with Crippen LogP contribution in [-0.2, 0) is 6.54 Å². The first kappa shape index (κ1) is 18.3. The fraction of sp³-hybridized carbons (Fsp3) is 0.150. The molecule has 0 unspecified atom stereocenters. The Morgan fingerprint density at radius 1 is 1.21 bits per heavy atom. The van der Waals surface area contributed by atoms with Crippen molar-refractivity contribution in [3.05, 3.63) is 59.7 Å². The summed E-state index contributed by atoms with van der Waals surface area (Å²) < 4.78 is 21.0. The molecule has 0 spiro atoms. The normalized spacial score (nSPS) is 10.8. The van der Waals surface area contributed by atoms with Gasteiger partial charge in [0, 0.05) is 11.8 Å². The van der Waals surface area contributed by atoms with E-state index in [2.05, 4.69) is 26.0 Å². The molecule has 2 N–H and O–H groups in total. The number of nitrogen functional groups attached to an aromatic ring is 1. The van der Waals surface area contributed by atoms with E-state index in [1.54, 1.807) is 22.8 Å². The molecule has 1 aromatic carbocycles. The molecule has 0 radical (unpaired) electrons. The van der Waals surface area contributed by atoms with E-state index in [1.165, 1.54) is 12.3 Å². The van der Waals surface area contributed by atoms with E-state index in [4.69, 9.17) is 10.5 Å². The van der Waals surface area contributed by atoms with Crippen LogP contribution in [0.2, 0.25) is 0 Å². The van der Waals surface area contributed by atoms with Gasteiger partial charge in [-0.1, -0.05) is 12.1 Å². The van der Waals surface area contributed by atoms with Gasteiger partial charge in [0.1, 0.15) is 11.6 Å². The van der Waals surface area contributed by atoms with Gasteiger partial charge < -0.3 is 15.0 Å². The maximum Gasteiger partial charge on any atom is 0.320 e. The molecule has 8 nitrogen and oxygen atoms in total. The van der Waals surface area contributed by atoms with E-state index < -0.39 is 5.82 Å². The van der Waals surface area contributed by atoms with Gasteiger partial charge in [0.2, 0.25) is 0 Å². The minimum atomic E-state index is -0.485. The van der Waals surface area contributed by atoms with Crippen molar-refractivity contribution >= 4 is 17.0 Å². The molecule has 0 aliphatic rings. The van der Waals surface area contributed by atoms with Gasteiger partial charge in [-0.05, 0) is 30.7 Å². The first-order valence-electron chi connectivity index (χ1n) is 8.85. The maximum atomic E-state index is 13.8. The molecule has 3 heterocycles. The average Bonchev–Trinajstić information content (AvgIpc) is 3.07. The smallest absolute Gasteiger partial charge is 0.320 e. The Morgan fingerprint density at radius 2 is 2.07 bits per heavy atom. The Labute approximate surface area is 165 Å².